The van der Waals surface area contributed by atoms with E-state index in [1.807, 2.05) is 0 Å². The van der Waals surface area contributed by atoms with Gasteiger partial charge in [-0.15, -0.1) is 0 Å². The molecule has 116 valence electrons. The monoisotopic (exact) mass is 282 g/mol. The number of carbonyl (C=O) groups is 1. The molecule has 4 nitrogen and oxygen atoms in total. The van der Waals surface area contributed by atoms with Crippen LogP contribution in [0.15, 0.2) is 0 Å². The third-order valence-electron chi connectivity index (χ3n) is 4.73. The van der Waals surface area contributed by atoms with E-state index in [1.54, 1.807) is 0 Å². The van der Waals surface area contributed by atoms with Crippen LogP contribution in [0, 0.1) is 5.92 Å². The molecule has 2 fully saturated rings. The van der Waals surface area contributed by atoms with E-state index in [4.69, 9.17) is 4.74 Å². The average Bonchev–Trinajstić information content (AvgIpc) is 2.48. The topological polar surface area (TPSA) is 32.8 Å². The van der Waals surface area contributed by atoms with Gasteiger partial charge in [-0.1, -0.05) is 13.3 Å². The lowest BCUT2D eigenvalue weighted by Gasteiger charge is -2.41. The number of likely N-dealkylation sites (tertiary alicyclic amines) is 2. The fraction of sp³-hybridized carbons (Fsp3) is 0.938. The third kappa shape index (κ3) is 4.45. The number of hydrogen-bond donors (Lipinski definition) is 0. The molecule has 0 amide bonds. The molecule has 1 atom stereocenters. The van der Waals surface area contributed by atoms with Crippen molar-refractivity contribution in [2.24, 2.45) is 5.92 Å². The average molecular weight is 282 g/mol. The molecule has 0 spiro atoms. The second kappa shape index (κ2) is 7.99. The molecule has 0 aromatic carbocycles. The first-order valence-corrected chi connectivity index (χ1v) is 8.30. The van der Waals surface area contributed by atoms with Gasteiger partial charge < -0.3 is 9.64 Å². The summed E-state index contributed by atoms with van der Waals surface area (Å²) < 4.78 is 5.40. The molecule has 4 heteroatoms. The number of ether oxygens (including phenoxy) is 1. The summed E-state index contributed by atoms with van der Waals surface area (Å²) in [4.78, 5) is 17.0. The van der Waals surface area contributed by atoms with E-state index in [9.17, 15) is 4.79 Å². The molecule has 20 heavy (non-hydrogen) atoms. The van der Waals surface area contributed by atoms with Gasteiger partial charge in [0.25, 0.3) is 0 Å². The molecule has 0 aliphatic carbocycles. The van der Waals surface area contributed by atoms with Crippen LogP contribution in [0.2, 0.25) is 0 Å². The largest absolute Gasteiger partial charge is 0.465 e. The molecule has 0 saturated carbocycles. The van der Waals surface area contributed by atoms with Crippen molar-refractivity contribution in [3.63, 3.8) is 0 Å². The molecular formula is C16H30N2O2. The number of piperidine rings is 2. The van der Waals surface area contributed by atoms with E-state index in [0.717, 1.165) is 38.8 Å². The number of carbonyl (C=O) groups excluding carboxylic acids is 1. The van der Waals surface area contributed by atoms with Crippen LogP contribution in [0.3, 0.4) is 0 Å². The Morgan fingerprint density at radius 3 is 2.65 bits per heavy atom. The van der Waals surface area contributed by atoms with Crippen molar-refractivity contribution < 1.29 is 9.53 Å². The summed E-state index contributed by atoms with van der Waals surface area (Å²) in [6.45, 7) is 7.17. The summed E-state index contributed by atoms with van der Waals surface area (Å²) in [5.41, 5.74) is 0. The van der Waals surface area contributed by atoms with Crippen molar-refractivity contribution >= 4 is 5.97 Å². The first kappa shape index (κ1) is 15.8. The van der Waals surface area contributed by atoms with Crippen LogP contribution in [0.25, 0.3) is 0 Å². The van der Waals surface area contributed by atoms with E-state index in [-0.39, 0.29) is 11.9 Å². The van der Waals surface area contributed by atoms with Gasteiger partial charge in [0.15, 0.2) is 0 Å². The number of esters is 1. The number of hydrogen-bond acceptors (Lipinski definition) is 4. The van der Waals surface area contributed by atoms with Gasteiger partial charge in [-0.25, -0.2) is 0 Å². The standard InChI is InChI=1S/C16H30N2O2/c1-3-4-12-20-16(19)14-6-5-9-18(13-14)15-7-10-17(2)11-8-15/h14-15H,3-13H2,1-2H3. The van der Waals surface area contributed by atoms with Crippen molar-refractivity contribution in [2.75, 3.05) is 39.8 Å². The Kier molecular flexibility index (Phi) is 6.30. The van der Waals surface area contributed by atoms with Gasteiger partial charge in [-0.3, -0.25) is 9.69 Å². The van der Waals surface area contributed by atoms with E-state index >= 15 is 0 Å². The van der Waals surface area contributed by atoms with Crippen molar-refractivity contribution in [1.82, 2.24) is 9.80 Å². The fourth-order valence-electron chi connectivity index (χ4n) is 3.33. The van der Waals surface area contributed by atoms with Gasteiger partial charge in [0, 0.05) is 12.6 Å². The highest BCUT2D eigenvalue weighted by Crippen LogP contribution is 2.24. The summed E-state index contributed by atoms with van der Waals surface area (Å²) in [5, 5.41) is 0. The Bertz CT molecular complexity index is 301. The Balaban J connectivity index is 1.77. The molecule has 2 saturated heterocycles. The predicted octanol–water partition coefficient (Wildman–Crippen LogP) is 2.14. The molecule has 2 aliphatic heterocycles. The van der Waals surface area contributed by atoms with E-state index < -0.39 is 0 Å². The Morgan fingerprint density at radius 1 is 1.20 bits per heavy atom. The second-order valence-electron chi connectivity index (χ2n) is 6.39. The molecule has 2 heterocycles. The molecule has 0 aromatic heterocycles. The normalized spacial score (nSPS) is 26.6. The predicted molar refractivity (Wildman–Crippen MR) is 80.7 cm³/mol. The second-order valence-corrected chi connectivity index (χ2v) is 6.39. The zero-order valence-corrected chi connectivity index (χ0v) is 13.1. The molecule has 0 aromatic rings. The maximum atomic E-state index is 12.1. The Morgan fingerprint density at radius 2 is 1.95 bits per heavy atom. The van der Waals surface area contributed by atoms with E-state index in [2.05, 4.69) is 23.8 Å². The highest BCUT2D eigenvalue weighted by Gasteiger charge is 2.31. The zero-order valence-electron chi connectivity index (χ0n) is 13.1. The minimum Gasteiger partial charge on any atom is -0.465 e. The van der Waals surface area contributed by atoms with Crippen LogP contribution >= 0.6 is 0 Å². The zero-order chi connectivity index (χ0) is 14.4. The quantitative estimate of drug-likeness (QED) is 0.571. The molecule has 2 aliphatic rings. The summed E-state index contributed by atoms with van der Waals surface area (Å²) in [6, 6.07) is 0.678. The van der Waals surface area contributed by atoms with Crippen molar-refractivity contribution in [3.05, 3.63) is 0 Å². The minimum absolute atomic E-state index is 0.0380. The Labute approximate surface area is 123 Å². The van der Waals surface area contributed by atoms with Gasteiger partial charge in [0.1, 0.15) is 0 Å². The Hall–Kier alpha value is -0.610. The van der Waals surface area contributed by atoms with Gasteiger partial charge in [0.05, 0.1) is 12.5 Å². The van der Waals surface area contributed by atoms with Gasteiger partial charge in [0.2, 0.25) is 0 Å². The number of nitrogens with zero attached hydrogens (tertiary/aromatic N) is 2. The van der Waals surface area contributed by atoms with Gasteiger partial charge in [-0.05, 0) is 58.8 Å². The summed E-state index contributed by atoms with van der Waals surface area (Å²) >= 11 is 0. The van der Waals surface area contributed by atoms with Crippen LogP contribution in [0.4, 0.5) is 0 Å². The van der Waals surface area contributed by atoms with E-state index in [1.165, 1.54) is 25.9 Å². The van der Waals surface area contributed by atoms with E-state index in [0.29, 0.717) is 12.6 Å². The lowest BCUT2D eigenvalue weighted by molar-refractivity contribution is -0.151. The van der Waals surface area contributed by atoms with Crippen LogP contribution in [0.1, 0.15) is 45.4 Å². The minimum atomic E-state index is 0.0380. The first-order valence-electron chi connectivity index (χ1n) is 8.30. The molecule has 1 unspecified atom stereocenters. The summed E-state index contributed by atoms with van der Waals surface area (Å²) in [5.74, 6) is 0.149. The number of rotatable bonds is 5. The molecule has 0 N–H and O–H groups in total. The lowest BCUT2D eigenvalue weighted by Crippen LogP contribution is -2.49. The smallest absolute Gasteiger partial charge is 0.310 e. The molecule has 0 bridgehead atoms. The van der Waals surface area contributed by atoms with Crippen molar-refractivity contribution in [3.8, 4) is 0 Å². The summed E-state index contributed by atoms with van der Waals surface area (Å²) in [6.07, 6.45) is 6.70. The molecule has 0 radical (unpaired) electrons. The molecule has 2 rings (SSSR count). The highest BCUT2D eigenvalue weighted by molar-refractivity contribution is 5.72. The maximum Gasteiger partial charge on any atom is 0.310 e. The van der Waals surface area contributed by atoms with Crippen LogP contribution in [-0.2, 0) is 9.53 Å². The maximum absolute atomic E-state index is 12.1. The highest BCUT2D eigenvalue weighted by atomic mass is 16.5. The first-order chi connectivity index (χ1) is 9.70. The van der Waals surface area contributed by atoms with Crippen LogP contribution in [0.5, 0.6) is 0 Å². The van der Waals surface area contributed by atoms with Crippen LogP contribution in [-0.4, -0.2) is 61.6 Å². The van der Waals surface area contributed by atoms with Crippen molar-refractivity contribution in [2.45, 2.75) is 51.5 Å². The lowest BCUT2D eigenvalue weighted by atomic mass is 9.94. The van der Waals surface area contributed by atoms with Gasteiger partial charge in [-0.2, -0.15) is 0 Å². The fourth-order valence-corrected chi connectivity index (χ4v) is 3.33. The van der Waals surface area contributed by atoms with Crippen LogP contribution < -0.4 is 0 Å². The van der Waals surface area contributed by atoms with Gasteiger partial charge >= 0.3 is 5.97 Å². The SMILES string of the molecule is CCCCOC(=O)C1CCCN(C2CCN(C)CC2)C1. The summed E-state index contributed by atoms with van der Waals surface area (Å²) in [7, 11) is 2.19. The molecular weight excluding hydrogens is 252 g/mol. The number of unbranched alkanes of at least 4 members (excludes halogenated alkanes) is 1. The van der Waals surface area contributed by atoms with Crippen molar-refractivity contribution in [1.29, 1.82) is 0 Å². The third-order valence-corrected chi connectivity index (χ3v) is 4.73.